The highest BCUT2D eigenvalue weighted by atomic mass is 16.5. The molecule has 1 aromatic carbocycles. The number of nitrogens with zero attached hydrogens (tertiary/aromatic N) is 1. The second-order valence-electron chi connectivity index (χ2n) is 4.45. The molecule has 2 rings (SSSR count). The van der Waals surface area contributed by atoms with Gasteiger partial charge in [-0.2, -0.15) is 0 Å². The highest BCUT2D eigenvalue weighted by Crippen LogP contribution is 2.16. The van der Waals surface area contributed by atoms with Crippen molar-refractivity contribution in [1.29, 1.82) is 0 Å². The van der Waals surface area contributed by atoms with Gasteiger partial charge in [-0.3, -0.25) is 9.78 Å². The molecule has 110 valence electrons. The van der Waals surface area contributed by atoms with Crippen molar-refractivity contribution in [3.05, 3.63) is 48.3 Å². The van der Waals surface area contributed by atoms with Gasteiger partial charge >= 0.3 is 0 Å². The van der Waals surface area contributed by atoms with Gasteiger partial charge in [0.15, 0.2) is 0 Å². The second kappa shape index (κ2) is 7.14. The third kappa shape index (κ3) is 5.02. The summed E-state index contributed by atoms with van der Waals surface area (Å²) in [4.78, 5) is 14.7. The summed E-state index contributed by atoms with van der Waals surface area (Å²) in [5.41, 5.74) is 6.79. The number of rotatable bonds is 7. The molecule has 6 nitrogen and oxygen atoms in total. The third-order valence-corrected chi connectivity index (χ3v) is 2.75. The summed E-state index contributed by atoms with van der Waals surface area (Å²) >= 11 is 0. The van der Waals surface area contributed by atoms with Crippen molar-refractivity contribution in [3.63, 3.8) is 0 Å². The molecule has 0 aliphatic carbocycles. The average Bonchev–Trinajstić information content (AvgIpc) is 2.48. The van der Waals surface area contributed by atoms with Crippen LogP contribution in [0.15, 0.2) is 42.6 Å². The maximum atomic E-state index is 10.6. The van der Waals surface area contributed by atoms with Crippen LogP contribution in [0.3, 0.4) is 0 Å². The molecule has 0 radical (unpaired) electrons. The first-order valence-electron chi connectivity index (χ1n) is 6.52. The Morgan fingerprint density at radius 1 is 1.24 bits per heavy atom. The number of primary amides is 1. The van der Waals surface area contributed by atoms with Crippen LogP contribution in [0.4, 0.5) is 5.69 Å². The number of aromatic nitrogens is 1. The minimum Gasteiger partial charge on any atom is -0.506 e. The Hall–Kier alpha value is -2.76. The quantitative estimate of drug-likeness (QED) is 0.719. The van der Waals surface area contributed by atoms with Crippen LogP contribution >= 0.6 is 0 Å². The largest absolute Gasteiger partial charge is 0.506 e. The molecule has 0 atom stereocenters. The molecule has 1 heterocycles. The molecule has 1 aromatic heterocycles. The monoisotopic (exact) mass is 287 g/mol. The van der Waals surface area contributed by atoms with E-state index in [1.807, 2.05) is 24.3 Å². The van der Waals surface area contributed by atoms with E-state index in [1.165, 1.54) is 6.20 Å². The van der Waals surface area contributed by atoms with Crippen molar-refractivity contribution in [1.82, 2.24) is 4.98 Å². The van der Waals surface area contributed by atoms with Crippen molar-refractivity contribution in [2.24, 2.45) is 5.73 Å². The lowest BCUT2D eigenvalue weighted by Gasteiger charge is -2.08. The van der Waals surface area contributed by atoms with Crippen molar-refractivity contribution < 1.29 is 14.6 Å². The van der Waals surface area contributed by atoms with Crippen LogP contribution in [0.5, 0.6) is 11.5 Å². The van der Waals surface area contributed by atoms with E-state index < -0.39 is 0 Å². The maximum absolute atomic E-state index is 10.6. The lowest BCUT2D eigenvalue weighted by atomic mass is 10.3. The lowest BCUT2D eigenvalue weighted by Crippen LogP contribution is -2.14. The van der Waals surface area contributed by atoms with Crippen LogP contribution in [0.25, 0.3) is 0 Å². The molecule has 21 heavy (non-hydrogen) atoms. The van der Waals surface area contributed by atoms with Crippen LogP contribution < -0.4 is 15.8 Å². The minimum absolute atomic E-state index is 0.149. The lowest BCUT2D eigenvalue weighted by molar-refractivity contribution is -0.118. The van der Waals surface area contributed by atoms with E-state index in [2.05, 4.69) is 10.3 Å². The van der Waals surface area contributed by atoms with Crippen LogP contribution in [0, 0.1) is 0 Å². The number of carbonyl (C=O) groups excluding carboxylic acids is 1. The van der Waals surface area contributed by atoms with Crippen molar-refractivity contribution in [2.45, 2.75) is 13.0 Å². The fourth-order valence-electron chi connectivity index (χ4n) is 1.65. The number of aromatic hydroxyl groups is 1. The fraction of sp³-hybridized carbons (Fsp3) is 0.200. The number of nitrogens with one attached hydrogen (secondary N) is 1. The highest BCUT2D eigenvalue weighted by molar-refractivity contribution is 5.73. The SMILES string of the molecule is NC(=O)CCOc1ccc(NCc2ccc(O)cn2)cc1. The number of ether oxygens (including phenoxy) is 1. The Bertz CT molecular complexity index is 582. The van der Waals surface area contributed by atoms with Crippen molar-refractivity contribution in [2.75, 3.05) is 11.9 Å². The van der Waals surface area contributed by atoms with Gasteiger partial charge in [0.1, 0.15) is 11.5 Å². The van der Waals surface area contributed by atoms with Gasteiger partial charge in [-0.25, -0.2) is 0 Å². The van der Waals surface area contributed by atoms with Crippen molar-refractivity contribution in [3.8, 4) is 11.5 Å². The Labute approximate surface area is 122 Å². The number of anilines is 1. The topological polar surface area (TPSA) is 97.5 Å². The Morgan fingerprint density at radius 2 is 2.00 bits per heavy atom. The van der Waals surface area contributed by atoms with Crippen LogP contribution in [-0.2, 0) is 11.3 Å². The van der Waals surface area contributed by atoms with Crippen LogP contribution in [-0.4, -0.2) is 22.6 Å². The van der Waals surface area contributed by atoms with E-state index in [-0.39, 0.29) is 24.7 Å². The van der Waals surface area contributed by atoms with Crippen molar-refractivity contribution >= 4 is 11.6 Å². The molecule has 4 N–H and O–H groups in total. The first-order valence-corrected chi connectivity index (χ1v) is 6.52. The smallest absolute Gasteiger partial charge is 0.220 e. The summed E-state index contributed by atoms with van der Waals surface area (Å²) in [5, 5.41) is 12.4. The molecule has 0 aliphatic heterocycles. The number of benzene rings is 1. The summed E-state index contributed by atoms with van der Waals surface area (Å²) in [7, 11) is 0. The zero-order chi connectivity index (χ0) is 15.1. The summed E-state index contributed by atoms with van der Waals surface area (Å²) in [6.07, 6.45) is 1.61. The zero-order valence-corrected chi connectivity index (χ0v) is 11.5. The minimum atomic E-state index is -0.380. The number of amides is 1. The molecule has 1 amide bonds. The fourth-order valence-corrected chi connectivity index (χ4v) is 1.65. The van der Waals surface area contributed by atoms with Gasteiger partial charge in [0.25, 0.3) is 0 Å². The van der Waals surface area contributed by atoms with Gasteiger partial charge in [-0.15, -0.1) is 0 Å². The van der Waals surface area contributed by atoms with Crippen LogP contribution in [0.2, 0.25) is 0 Å². The van der Waals surface area contributed by atoms with E-state index in [1.54, 1.807) is 12.1 Å². The number of carbonyl (C=O) groups is 1. The molecule has 0 spiro atoms. The molecule has 0 saturated carbocycles. The standard InChI is InChI=1S/C15H17N3O3/c16-15(20)7-8-21-14-5-2-11(3-6-14)17-9-12-1-4-13(19)10-18-12/h1-6,10,17,19H,7-9H2,(H2,16,20). The predicted molar refractivity (Wildman–Crippen MR) is 79.0 cm³/mol. The predicted octanol–water partition coefficient (Wildman–Crippen LogP) is 1.65. The molecule has 2 aromatic rings. The van der Waals surface area contributed by atoms with Gasteiger partial charge in [0.05, 0.1) is 31.5 Å². The Balaban J connectivity index is 1.81. The van der Waals surface area contributed by atoms with E-state index >= 15 is 0 Å². The molecule has 0 bridgehead atoms. The molecular formula is C15H17N3O3. The average molecular weight is 287 g/mol. The Kier molecular flexibility index (Phi) is 4.98. The van der Waals surface area contributed by atoms with Gasteiger partial charge in [0, 0.05) is 5.69 Å². The van der Waals surface area contributed by atoms with Gasteiger partial charge in [0.2, 0.25) is 5.91 Å². The first kappa shape index (κ1) is 14.6. The zero-order valence-electron chi connectivity index (χ0n) is 11.5. The second-order valence-corrected chi connectivity index (χ2v) is 4.45. The number of pyridine rings is 1. The van der Waals surface area contributed by atoms with E-state index in [0.717, 1.165) is 11.4 Å². The number of nitrogens with two attached hydrogens (primary N) is 1. The molecule has 0 saturated heterocycles. The summed E-state index contributed by atoms with van der Waals surface area (Å²) in [5.74, 6) is 0.454. The van der Waals surface area contributed by atoms with Gasteiger partial charge in [-0.1, -0.05) is 0 Å². The third-order valence-electron chi connectivity index (χ3n) is 2.75. The number of hydrogen-bond acceptors (Lipinski definition) is 5. The normalized spacial score (nSPS) is 10.1. The maximum Gasteiger partial charge on any atom is 0.220 e. The summed E-state index contributed by atoms with van der Waals surface area (Å²) in [6.45, 7) is 0.835. The van der Waals surface area contributed by atoms with Gasteiger partial charge in [-0.05, 0) is 36.4 Å². The molecule has 0 unspecified atom stereocenters. The molecule has 6 heteroatoms. The molecular weight excluding hydrogens is 270 g/mol. The van der Waals surface area contributed by atoms with Crippen LogP contribution in [0.1, 0.15) is 12.1 Å². The van der Waals surface area contributed by atoms with E-state index in [4.69, 9.17) is 15.6 Å². The molecule has 0 fully saturated rings. The highest BCUT2D eigenvalue weighted by Gasteiger charge is 1.99. The summed E-state index contributed by atoms with van der Waals surface area (Å²) in [6, 6.07) is 10.7. The van der Waals surface area contributed by atoms with E-state index in [9.17, 15) is 4.79 Å². The Morgan fingerprint density at radius 3 is 2.62 bits per heavy atom. The van der Waals surface area contributed by atoms with E-state index in [0.29, 0.717) is 12.3 Å². The first-order chi connectivity index (χ1) is 10.1. The number of hydrogen-bond donors (Lipinski definition) is 3. The summed E-state index contributed by atoms with van der Waals surface area (Å²) < 4.78 is 5.38. The molecule has 0 aliphatic rings. The van der Waals surface area contributed by atoms with Gasteiger partial charge < -0.3 is 20.9 Å².